The van der Waals surface area contributed by atoms with Gasteiger partial charge in [0.05, 0.1) is 32.0 Å². The number of carbonyl (C=O) groups is 1. The molecule has 0 aliphatic heterocycles. The molecule has 0 radical (unpaired) electrons. The van der Waals surface area contributed by atoms with Crippen molar-refractivity contribution in [1.29, 1.82) is 0 Å². The van der Waals surface area contributed by atoms with Crippen LogP contribution in [0.15, 0.2) is 67.0 Å². The Morgan fingerprint density at radius 1 is 1.06 bits per heavy atom. The van der Waals surface area contributed by atoms with Gasteiger partial charge < -0.3 is 14.6 Å². The number of ether oxygens (including phenoxy) is 2. The molecule has 0 aliphatic carbocycles. The molecule has 0 unspecified atom stereocenters. The number of pyridine rings is 1. The predicted molar refractivity (Wildman–Crippen MR) is 115 cm³/mol. The van der Waals surface area contributed by atoms with Gasteiger partial charge in [-0.3, -0.25) is 4.68 Å². The summed E-state index contributed by atoms with van der Waals surface area (Å²) in [4.78, 5) is 13.8. The van der Waals surface area contributed by atoms with E-state index in [9.17, 15) is 13.2 Å². The summed E-state index contributed by atoms with van der Waals surface area (Å²) in [7, 11) is 3.34. The Morgan fingerprint density at radius 3 is 2.39 bits per heavy atom. The number of fused-ring (bicyclic) bond motifs is 1. The van der Waals surface area contributed by atoms with E-state index in [4.69, 9.17) is 24.4 Å². The molecule has 0 saturated carbocycles. The highest BCUT2D eigenvalue weighted by Gasteiger charge is 2.38. The first kappa shape index (κ1) is 23.6. The molecular formula is C23H20F3N3O4. The molecule has 4 aromatic rings. The molecule has 10 heteroatoms. The first-order chi connectivity index (χ1) is 15.7. The number of methoxy groups -OCH3 is 2. The van der Waals surface area contributed by atoms with Gasteiger partial charge >= 0.3 is 12.1 Å². The Balaban J connectivity index is 0.000000383. The summed E-state index contributed by atoms with van der Waals surface area (Å²) in [6.07, 6.45) is -1.35. The Labute approximate surface area is 187 Å². The lowest BCUT2D eigenvalue weighted by atomic mass is 10.0. The number of hydrogen-bond donors (Lipinski definition) is 1. The second-order valence-electron chi connectivity index (χ2n) is 6.76. The van der Waals surface area contributed by atoms with E-state index >= 15 is 0 Å². The Bertz CT molecular complexity index is 1240. The number of aliphatic carboxylic acids is 1. The third-order valence-electron chi connectivity index (χ3n) is 4.60. The molecule has 0 atom stereocenters. The number of hydrogen-bond acceptors (Lipinski definition) is 5. The minimum atomic E-state index is -5.08. The number of halogens is 3. The topological polar surface area (TPSA) is 86.5 Å². The maximum atomic E-state index is 10.6. The number of benzene rings is 2. The number of carboxylic acid groups (broad SMARTS) is 1. The SMILES string of the molecule is COc1ccc2cc(Cn3cccn3)c(-c3ccccc3OC)nc2c1.O=C(O)C(F)(F)F. The quantitative estimate of drug-likeness (QED) is 0.462. The number of aromatic nitrogens is 3. The number of rotatable bonds is 5. The summed E-state index contributed by atoms with van der Waals surface area (Å²) < 4.78 is 44.5. The van der Waals surface area contributed by atoms with E-state index in [0.717, 1.165) is 39.2 Å². The minimum Gasteiger partial charge on any atom is -0.497 e. The van der Waals surface area contributed by atoms with Gasteiger partial charge in [0.2, 0.25) is 0 Å². The van der Waals surface area contributed by atoms with Crippen LogP contribution in [0.1, 0.15) is 5.56 Å². The standard InChI is InChI=1S/C21H19N3O2.C2HF3O2/c1-25-17-9-8-15-12-16(14-24-11-5-10-22-24)21(23-19(15)13-17)18-6-3-4-7-20(18)26-2;3-2(4,5)1(6)7/h3-13H,14H2,1-2H3;(H,6,7). The highest BCUT2D eigenvalue weighted by atomic mass is 19.4. The van der Waals surface area contributed by atoms with Gasteiger partial charge in [-0.25, -0.2) is 9.78 Å². The van der Waals surface area contributed by atoms with E-state index < -0.39 is 12.1 Å². The predicted octanol–water partition coefficient (Wildman–Crippen LogP) is 4.80. The lowest BCUT2D eigenvalue weighted by molar-refractivity contribution is -0.192. The molecule has 0 amide bonds. The van der Waals surface area contributed by atoms with Crippen molar-refractivity contribution in [2.75, 3.05) is 14.2 Å². The summed E-state index contributed by atoms with van der Waals surface area (Å²) in [6, 6.07) is 17.9. The Hall–Kier alpha value is -4.08. The van der Waals surface area contributed by atoms with Crippen LogP contribution < -0.4 is 9.47 Å². The van der Waals surface area contributed by atoms with Crippen molar-refractivity contribution in [3.05, 3.63) is 72.6 Å². The van der Waals surface area contributed by atoms with Crippen LogP contribution in [0.4, 0.5) is 13.2 Å². The molecule has 4 rings (SSSR count). The molecule has 0 fully saturated rings. The number of nitrogens with zero attached hydrogens (tertiary/aromatic N) is 3. The summed E-state index contributed by atoms with van der Waals surface area (Å²) in [5, 5.41) is 12.5. The molecule has 2 heterocycles. The third-order valence-corrected chi connectivity index (χ3v) is 4.60. The lowest BCUT2D eigenvalue weighted by Gasteiger charge is -2.14. The zero-order valence-electron chi connectivity index (χ0n) is 17.7. The van der Waals surface area contributed by atoms with Gasteiger partial charge in [0, 0.05) is 35.0 Å². The van der Waals surface area contributed by atoms with Gasteiger partial charge in [0.1, 0.15) is 11.5 Å². The van der Waals surface area contributed by atoms with Crippen LogP contribution in [0.2, 0.25) is 0 Å². The van der Waals surface area contributed by atoms with Crippen molar-refractivity contribution >= 4 is 16.9 Å². The van der Waals surface area contributed by atoms with Gasteiger partial charge in [-0.05, 0) is 36.4 Å². The number of alkyl halides is 3. The molecule has 0 aliphatic rings. The fourth-order valence-electron chi connectivity index (χ4n) is 3.08. The van der Waals surface area contributed by atoms with Gasteiger partial charge in [-0.2, -0.15) is 18.3 Å². The van der Waals surface area contributed by atoms with Gasteiger partial charge in [0.25, 0.3) is 0 Å². The molecule has 0 spiro atoms. The van der Waals surface area contributed by atoms with Crippen LogP contribution in [0.5, 0.6) is 11.5 Å². The highest BCUT2D eigenvalue weighted by Crippen LogP contribution is 2.33. The molecule has 0 bridgehead atoms. The molecule has 1 N–H and O–H groups in total. The smallest absolute Gasteiger partial charge is 0.490 e. The highest BCUT2D eigenvalue weighted by molar-refractivity contribution is 5.85. The first-order valence-corrected chi connectivity index (χ1v) is 9.61. The van der Waals surface area contributed by atoms with Crippen molar-refractivity contribution in [2.45, 2.75) is 12.7 Å². The molecule has 2 aromatic carbocycles. The van der Waals surface area contributed by atoms with E-state index in [1.165, 1.54) is 0 Å². The lowest BCUT2D eigenvalue weighted by Crippen LogP contribution is -2.21. The first-order valence-electron chi connectivity index (χ1n) is 9.61. The zero-order chi connectivity index (χ0) is 24.0. The van der Waals surface area contributed by atoms with Crippen molar-refractivity contribution in [3.63, 3.8) is 0 Å². The largest absolute Gasteiger partial charge is 0.497 e. The maximum absolute atomic E-state index is 10.6. The number of carboxylic acids is 1. The second-order valence-corrected chi connectivity index (χ2v) is 6.76. The van der Waals surface area contributed by atoms with Crippen LogP contribution in [0.3, 0.4) is 0 Å². The fraction of sp³-hybridized carbons (Fsp3) is 0.174. The van der Waals surface area contributed by atoms with Crippen molar-refractivity contribution < 1.29 is 32.5 Å². The van der Waals surface area contributed by atoms with Crippen LogP contribution in [0, 0.1) is 0 Å². The van der Waals surface area contributed by atoms with E-state index in [1.807, 2.05) is 59.4 Å². The summed E-state index contributed by atoms with van der Waals surface area (Å²) in [6.45, 7) is 0.634. The molecule has 33 heavy (non-hydrogen) atoms. The van der Waals surface area contributed by atoms with Gasteiger partial charge in [-0.15, -0.1) is 0 Å². The fourth-order valence-corrected chi connectivity index (χ4v) is 3.08. The minimum absolute atomic E-state index is 0.634. The van der Waals surface area contributed by atoms with E-state index in [-0.39, 0.29) is 0 Å². The van der Waals surface area contributed by atoms with Crippen molar-refractivity contribution in [1.82, 2.24) is 14.8 Å². The zero-order valence-corrected chi connectivity index (χ0v) is 17.7. The molecule has 172 valence electrons. The summed E-state index contributed by atoms with van der Waals surface area (Å²) in [5.74, 6) is -1.17. The van der Waals surface area contributed by atoms with E-state index in [2.05, 4.69) is 11.2 Å². The van der Waals surface area contributed by atoms with Crippen LogP contribution in [0.25, 0.3) is 22.2 Å². The molecular weight excluding hydrogens is 439 g/mol. The van der Waals surface area contributed by atoms with Crippen molar-refractivity contribution in [3.8, 4) is 22.8 Å². The van der Waals surface area contributed by atoms with Crippen LogP contribution in [-0.2, 0) is 11.3 Å². The average molecular weight is 459 g/mol. The monoisotopic (exact) mass is 459 g/mol. The molecule has 0 saturated heterocycles. The maximum Gasteiger partial charge on any atom is 0.490 e. The third kappa shape index (κ3) is 5.79. The van der Waals surface area contributed by atoms with E-state index in [0.29, 0.717) is 6.54 Å². The normalized spacial score (nSPS) is 10.9. The summed E-state index contributed by atoms with van der Waals surface area (Å²) in [5.41, 5.74) is 3.81. The van der Waals surface area contributed by atoms with Crippen LogP contribution in [-0.4, -0.2) is 46.2 Å². The van der Waals surface area contributed by atoms with Crippen LogP contribution >= 0.6 is 0 Å². The Kier molecular flexibility index (Phi) is 7.17. The van der Waals surface area contributed by atoms with Gasteiger partial charge in [-0.1, -0.05) is 12.1 Å². The van der Waals surface area contributed by atoms with E-state index in [1.54, 1.807) is 20.4 Å². The second kappa shape index (κ2) is 10.0. The van der Waals surface area contributed by atoms with Gasteiger partial charge in [0.15, 0.2) is 0 Å². The average Bonchev–Trinajstić information content (AvgIpc) is 3.31. The molecule has 7 nitrogen and oxygen atoms in total. The number of para-hydroxylation sites is 1. The van der Waals surface area contributed by atoms with Crippen molar-refractivity contribution in [2.24, 2.45) is 0 Å². The Morgan fingerprint density at radius 2 is 1.79 bits per heavy atom. The molecule has 2 aromatic heterocycles. The summed E-state index contributed by atoms with van der Waals surface area (Å²) >= 11 is 0.